The Kier molecular flexibility index (Phi) is 7.17. The number of aryl methyl sites for hydroxylation is 2. The highest BCUT2D eigenvalue weighted by Crippen LogP contribution is 2.45. The number of rotatable bonds is 4. The summed E-state index contributed by atoms with van der Waals surface area (Å²) in [4.78, 5) is 0. The lowest BCUT2D eigenvalue weighted by Gasteiger charge is -2.18. The van der Waals surface area contributed by atoms with E-state index in [4.69, 9.17) is 0 Å². The third-order valence-electron chi connectivity index (χ3n) is 13.2. The molecule has 0 N–H and O–H groups in total. The molecule has 0 aliphatic carbocycles. The van der Waals surface area contributed by atoms with E-state index in [0.29, 0.717) is 0 Å². The normalized spacial score (nSPS) is 12.5. The van der Waals surface area contributed by atoms with Crippen LogP contribution >= 0.6 is 0 Å². The molecule has 0 fully saturated rings. The molecule has 2 heteroatoms. The summed E-state index contributed by atoms with van der Waals surface area (Å²) in [5.41, 5.74) is 17.9. The Hall–Kier alpha value is -7.68. The monoisotopic (exact) mass is 762 g/mol. The van der Waals surface area contributed by atoms with Gasteiger partial charge in [0, 0.05) is 32.9 Å². The van der Waals surface area contributed by atoms with Gasteiger partial charge in [-0.15, -0.1) is 0 Å². The summed E-state index contributed by atoms with van der Waals surface area (Å²) in [6.07, 6.45) is 2.04. The zero-order valence-corrected chi connectivity index (χ0v) is 32.9. The molecule has 0 spiro atoms. The van der Waals surface area contributed by atoms with Crippen molar-refractivity contribution in [2.24, 2.45) is 0 Å². The molecule has 0 radical (unpaired) electrons. The number of aromatic nitrogens is 2. The molecule has 0 amide bonds. The van der Waals surface area contributed by atoms with Crippen LogP contribution in [0.4, 0.5) is 0 Å². The van der Waals surface area contributed by atoms with Gasteiger partial charge in [-0.3, -0.25) is 0 Å². The smallest absolute Gasteiger partial charge is 0.0573 e. The van der Waals surface area contributed by atoms with Crippen LogP contribution in [-0.2, 0) is 12.8 Å². The summed E-state index contributed by atoms with van der Waals surface area (Å²) in [7, 11) is 0. The third-order valence-corrected chi connectivity index (χ3v) is 13.2. The van der Waals surface area contributed by atoms with Crippen LogP contribution in [0.25, 0.3) is 110 Å². The molecule has 2 nitrogen and oxygen atoms in total. The number of fused-ring (bicyclic) bond motifs is 10. The van der Waals surface area contributed by atoms with Gasteiger partial charge in [-0.2, -0.15) is 0 Å². The molecular weight excluding hydrogens is 725 g/mol. The molecule has 2 aromatic heterocycles. The average Bonchev–Trinajstić information content (AvgIpc) is 3.76. The number of para-hydroxylation sites is 3. The fraction of sp³-hybridized carbons (Fsp3) is 0.0345. The van der Waals surface area contributed by atoms with Crippen LogP contribution in [0.1, 0.15) is 11.1 Å². The first-order valence-electron chi connectivity index (χ1n) is 21.1. The third kappa shape index (κ3) is 4.82. The van der Waals surface area contributed by atoms with Crippen molar-refractivity contribution in [1.82, 2.24) is 9.13 Å². The number of benzene rings is 10. The Morgan fingerprint density at radius 1 is 0.283 bits per heavy atom. The van der Waals surface area contributed by atoms with Crippen molar-refractivity contribution >= 4 is 65.2 Å². The first-order chi connectivity index (χ1) is 29.8. The van der Waals surface area contributed by atoms with Crippen molar-refractivity contribution < 1.29 is 0 Å². The zero-order chi connectivity index (χ0) is 39.3. The summed E-state index contributed by atoms with van der Waals surface area (Å²) in [5.74, 6) is 0. The molecule has 10 aromatic carbocycles. The van der Waals surface area contributed by atoms with Crippen LogP contribution in [0, 0.1) is 0 Å². The number of hydrogen-bond donors (Lipinski definition) is 0. The molecule has 60 heavy (non-hydrogen) atoms. The van der Waals surface area contributed by atoms with E-state index >= 15 is 0 Å². The summed E-state index contributed by atoms with van der Waals surface area (Å²) in [5, 5.41) is 10.2. The van der Waals surface area contributed by atoms with Crippen molar-refractivity contribution in [2.45, 2.75) is 12.8 Å². The van der Waals surface area contributed by atoms with Crippen LogP contribution in [0.15, 0.2) is 206 Å². The van der Waals surface area contributed by atoms with Crippen molar-refractivity contribution in [1.29, 1.82) is 0 Å². The summed E-state index contributed by atoms with van der Waals surface area (Å²) >= 11 is 0. The molecule has 0 saturated carbocycles. The quantitative estimate of drug-likeness (QED) is 0.158. The predicted molar refractivity (Wildman–Crippen MR) is 254 cm³/mol. The Labute approximate surface area is 347 Å². The van der Waals surface area contributed by atoms with Crippen molar-refractivity contribution in [3.8, 4) is 44.8 Å². The molecule has 0 atom stereocenters. The van der Waals surface area contributed by atoms with Gasteiger partial charge in [-0.1, -0.05) is 152 Å². The molecule has 0 saturated heterocycles. The maximum atomic E-state index is 2.51. The van der Waals surface area contributed by atoms with E-state index in [9.17, 15) is 0 Å². The lowest BCUT2D eigenvalue weighted by molar-refractivity contribution is 0.975. The Morgan fingerprint density at radius 3 is 1.45 bits per heavy atom. The lowest BCUT2D eigenvalue weighted by atomic mass is 9.86. The standard InChI is InChI=1S/C58H38N2/c1-2-15-38(16-3-1)56-46-19-5-7-21-48(46)57(49-22-8-6-20-47(49)56)39-28-31-43(32-29-39)59-53-24-12-9-17-44(53)50-35-40(30-33-55(50)59)42-34-41-27-26-37-14-4-11-23-52(37)60-54-25-13-10-18-45(54)51(36-42)58(41)60/h1-25,28-36H,26-27H2. The highest BCUT2D eigenvalue weighted by molar-refractivity contribution is 6.21. The van der Waals surface area contributed by atoms with Crippen LogP contribution in [0.3, 0.4) is 0 Å². The van der Waals surface area contributed by atoms with Gasteiger partial charge < -0.3 is 9.13 Å². The van der Waals surface area contributed by atoms with Gasteiger partial charge in [0.05, 0.1) is 22.1 Å². The van der Waals surface area contributed by atoms with E-state index in [1.165, 1.54) is 115 Å². The van der Waals surface area contributed by atoms with Gasteiger partial charge in [0.25, 0.3) is 0 Å². The molecule has 0 unspecified atom stereocenters. The van der Waals surface area contributed by atoms with Gasteiger partial charge in [-0.25, -0.2) is 0 Å². The van der Waals surface area contributed by atoms with Crippen molar-refractivity contribution in [3.63, 3.8) is 0 Å². The second kappa shape index (κ2) is 12.9. The molecule has 1 aliphatic heterocycles. The van der Waals surface area contributed by atoms with Gasteiger partial charge in [0.15, 0.2) is 0 Å². The molecule has 3 heterocycles. The minimum Gasteiger partial charge on any atom is -0.309 e. The fourth-order valence-electron chi connectivity index (χ4n) is 10.6. The predicted octanol–water partition coefficient (Wildman–Crippen LogP) is 15.3. The maximum Gasteiger partial charge on any atom is 0.0573 e. The van der Waals surface area contributed by atoms with Crippen LogP contribution in [0.2, 0.25) is 0 Å². The van der Waals surface area contributed by atoms with E-state index in [1.54, 1.807) is 0 Å². The van der Waals surface area contributed by atoms with E-state index in [1.807, 2.05) is 0 Å². The first kappa shape index (κ1) is 33.3. The molecule has 12 aromatic rings. The lowest BCUT2D eigenvalue weighted by Crippen LogP contribution is -1.96. The fourth-order valence-corrected chi connectivity index (χ4v) is 10.6. The van der Waals surface area contributed by atoms with E-state index in [-0.39, 0.29) is 0 Å². The number of nitrogens with zero attached hydrogens (tertiary/aromatic N) is 2. The minimum absolute atomic E-state index is 1.01. The molecule has 13 rings (SSSR count). The summed E-state index contributed by atoms with van der Waals surface area (Å²) < 4.78 is 4.95. The van der Waals surface area contributed by atoms with Gasteiger partial charge in [0.2, 0.25) is 0 Å². The summed E-state index contributed by atoms with van der Waals surface area (Å²) in [6, 6.07) is 76.6. The average molecular weight is 763 g/mol. The zero-order valence-electron chi connectivity index (χ0n) is 32.9. The molecule has 0 bridgehead atoms. The second-order valence-electron chi connectivity index (χ2n) is 16.4. The van der Waals surface area contributed by atoms with E-state index in [2.05, 4.69) is 215 Å². The van der Waals surface area contributed by atoms with E-state index in [0.717, 1.165) is 18.5 Å². The Bertz CT molecular complexity index is 3640. The maximum absolute atomic E-state index is 2.51. The highest BCUT2D eigenvalue weighted by atomic mass is 15.0. The van der Waals surface area contributed by atoms with Gasteiger partial charge in [0.1, 0.15) is 0 Å². The van der Waals surface area contributed by atoms with Gasteiger partial charge >= 0.3 is 0 Å². The minimum atomic E-state index is 1.01. The van der Waals surface area contributed by atoms with E-state index < -0.39 is 0 Å². The largest absolute Gasteiger partial charge is 0.309 e. The highest BCUT2D eigenvalue weighted by Gasteiger charge is 2.23. The summed E-state index contributed by atoms with van der Waals surface area (Å²) in [6.45, 7) is 0. The topological polar surface area (TPSA) is 9.86 Å². The van der Waals surface area contributed by atoms with Crippen molar-refractivity contribution in [3.05, 3.63) is 217 Å². The molecule has 1 aliphatic rings. The van der Waals surface area contributed by atoms with Crippen LogP contribution < -0.4 is 0 Å². The Morgan fingerprint density at radius 2 is 0.767 bits per heavy atom. The first-order valence-corrected chi connectivity index (χ1v) is 21.1. The molecule has 280 valence electrons. The van der Waals surface area contributed by atoms with Gasteiger partial charge in [-0.05, 0) is 133 Å². The van der Waals surface area contributed by atoms with Crippen molar-refractivity contribution in [2.75, 3.05) is 0 Å². The second-order valence-corrected chi connectivity index (χ2v) is 16.4. The number of hydrogen-bond acceptors (Lipinski definition) is 0. The Balaban J connectivity index is 0.960. The molecular formula is C58H38N2. The van der Waals surface area contributed by atoms with Crippen LogP contribution in [0.5, 0.6) is 0 Å². The SMILES string of the molecule is c1ccc(-c2c3ccccc3c(-c3ccc(-n4c5ccccc5c5cc(-c6cc7c8c(c6)c6ccccc6n8-c6ccccc6CC7)ccc54)cc3)c3ccccc23)cc1. The van der Waals surface area contributed by atoms with Crippen LogP contribution in [-0.4, -0.2) is 9.13 Å².